The van der Waals surface area contributed by atoms with E-state index in [1.54, 1.807) is 36.0 Å². The fourth-order valence-corrected chi connectivity index (χ4v) is 2.20. The second-order valence-corrected chi connectivity index (χ2v) is 4.95. The zero-order chi connectivity index (χ0) is 14.4. The summed E-state index contributed by atoms with van der Waals surface area (Å²) in [4.78, 5) is 12.9. The summed E-state index contributed by atoms with van der Waals surface area (Å²) < 4.78 is 5.39. The lowest BCUT2D eigenvalue weighted by Gasteiger charge is -2.10. The quantitative estimate of drug-likeness (QED) is 0.655. The Hall–Kier alpha value is -2.14. The van der Waals surface area contributed by atoms with Gasteiger partial charge >= 0.3 is 0 Å². The van der Waals surface area contributed by atoms with E-state index in [2.05, 4.69) is 5.32 Å². The summed E-state index contributed by atoms with van der Waals surface area (Å²) in [6.45, 7) is -0.0351. The van der Waals surface area contributed by atoms with Crippen LogP contribution in [0.2, 0.25) is 0 Å². The van der Waals surface area contributed by atoms with Crippen molar-refractivity contribution in [3.05, 3.63) is 48.5 Å². The normalized spacial score (nSPS) is 10.1. The summed E-state index contributed by atoms with van der Waals surface area (Å²) in [6.07, 6.45) is 1.97. The van der Waals surface area contributed by atoms with Crippen LogP contribution in [0.15, 0.2) is 53.4 Å². The third kappa shape index (κ3) is 3.93. The Morgan fingerprint density at radius 3 is 2.60 bits per heavy atom. The molecule has 0 atom stereocenters. The van der Waals surface area contributed by atoms with Crippen LogP contribution in [0.25, 0.3) is 0 Å². The molecule has 20 heavy (non-hydrogen) atoms. The van der Waals surface area contributed by atoms with E-state index >= 15 is 0 Å². The van der Waals surface area contributed by atoms with Crippen molar-refractivity contribution < 1.29 is 9.53 Å². The smallest absolute Gasteiger partial charge is 0.262 e. The molecule has 0 aliphatic rings. The maximum Gasteiger partial charge on any atom is 0.262 e. The highest BCUT2D eigenvalue weighted by atomic mass is 32.2. The average Bonchev–Trinajstić information content (AvgIpc) is 2.47. The number of hydrogen-bond donors (Lipinski definition) is 2. The minimum Gasteiger partial charge on any atom is -0.484 e. The Kier molecular flexibility index (Phi) is 4.90. The number of anilines is 2. The summed E-state index contributed by atoms with van der Waals surface area (Å²) in [5.74, 6) is 0.427. The Labute approximate surface area is 122 Å². The lowest BCUT2D eigenvalue weighted by Crippen LogP contribution is -2.20. The molecular weight excluding hydrogens is 272 g/mol. The third-order valence-corrected chi connectivity index (χ3v) is 3.43. The monoisotopic (exact) mass is 288 g/mol. The minimum atomic E-state index is -0.191. The van der Waals surface area contributed by atoms with Gasteiger partial charge in [-0.3, -0.25) is 4.79 Å². The van der Waals surface area contributed by atoms with Gasteiger partial charge in [0.25, 0.3) is 5.91 Å². The van der Waals surface area contributed by atoms with Crippen LogP contribution in [-0.2, 0) is 4.79 Å². The number of nitrogens with two attached hydrogens (primary N) is 1. The molecule has 1 amide bonds. The van der Waals surface area contributed by atoms with Gasteiger partial charge in [-0.15, -0.1) is 11.8 Å². The molecule has 0 spiro atoms. The molecule has 0 saturated heterocycles. The average molecular weight is 288 g/mol. The number of benzene rings is 2. The van der Waals surface area contributed by atoms with Crippen LogP contribution in [0.1, 0.15) is 0 Å². The van der Waals surface area contributed by atoms with Gasteiger partial charge in [0.15, 0.2) is 6.61 Å². The number of nitrogens with one attached hydrogen (secondary N) is 1. The van der Waals surface area contributed by atoms with E-state index in [-0.39, 0.29) is 12.5 Å². The van der Waals surface area contributed by atoms with Crippen molar-refractivity contribution in [2.75, 3.05) is 23.9 Å². The standard InChI is InChI=1S/C15H16N2O2S/c1-20-14-5-3-2-4-13(14)17-15(18)10-19-12-8-6-11(16)7-9-12/h2-9H,10,16H2,1H3,(H,17,18). The SMILES string of the molecule is CSc1ccccc1NC(=O)COc1ccc(N)cc1. The molecule has 0 fully saturated rings. The van der Waals surface area contributed by atoms with Crippen molar-refractivity contribution in [3.63, 3.8) is 0 Å². The van der Waals surface area contributed by atoms with Crippen molar-refractivity contribution in [1.29, 1.82) is 0 Å². The van der Waals surface area contributed by atoms with Gasteiger partial charge in [0, 0.05) is 10.6 Å². The largest absolute Gasteiger partial charge is 0.484 e. The van der Waals surface area contributed by atoms with Crippen molar-refractivity contribution in [3.8, 4) is 5.75 Å². The van der Waals surface area contributed by atoms with Gasteiger partial charge in [0.2, 0.25) is 0 Å². The Balaban J connectivity index is 1.91. The molecule has 2 aromatic carbocycles. The molecule has 4 nitrogen and oxygen atoms in total. The van der Waals surface area contributed by atoms with E-state index in [0.29, 0.717) is 11.4 Å². The van der Waals surface area contributed by atoms with Crippen molar-refractivity contribution >= 4 is 29.0 Å². The van der Waals surface area contributed by atoms with Crippen LogP contribution in [0.3, 0.4) is 0 Å². The first-order valence-electron chi connectivity index (χ1n) is 6.10. The molecule has 3 N–H and O–H groups in total. The van der Waals surface area contributed by atoms with Gasteiger partial charge in [-0.2, -0.15) is 0 Å². The molecule has 0 heterocycles. The van der Waals surface area contributed by atoms with Crippen LogP contribution in [0.4, 0.5) is 11.4 Å². The van der Waals surface area contributed by atoms with E-state index in [0.717, 1.165) is 10.6 Å². The summed E-state index contributed by atoms with van der Waals surface area (Å²) in [7, 11) is 0. The number of thioether (sulfide) groups is 1. The molecule has 0 radical (unpaired) electrons. The maximum absolute atomic E-state index is 11.9. The second-order valence-electron chi connectivity index (χ2n) is 4.11. The van der Waals surface area contributed by atoms with Crippen LogP contribution in [0, 0.1) is 0 Å². The number of ether oxygens (including phenoxy) is 1. The molecule has 0 aromatic heterocycles. The van der Waals surface area contributed by atoms with Crippen LogP contribution >= 0.6 is 11.8 Å². The molecule has 0 aliphatic heterocycles. The summed E-state index contributed by atoms with van der Waals surface area (Å²) in [5.41, 5.74) is 7.04. The van der Waals surface area contributed by atoms with Crippen molar-refractivity contribution in [2.24, 2.45) is 0 Å². The Morgan fingerprint density at radius 1 is 1.20 bits per heavy atom. The number of carbonyl (C=O) groups excluding carboxylic acids is 1. The first-order valence-corrected chi connectivity index (χ1v) is 7.32. The molecule has 5 heteroatoms. The van der Waals surface area contributed by atoms with Gasteiger partial charge in [0.1, 0.15) is 5.75 Å². The lowest BCUT2D eigenvalue weighted by atomic mass is 10.3. The fourth-order valence-electron chi connectivity index (χ4n) is 1.65. The van der Waals surface area contributed by atoms with E-state index in [9.17, 15) is 4.79 Å². The predicted octanol–water partition coefficient (Wildman–Crippen LogP) is 3.01. The number of rotatable bonds is 5. The highest BCUT2D eigenvalue weighted by molar-refractivity contribution is 7.98. The van der Waals surface area contributed by atoms with Gasteiger partial charge in [-0.05, 0) is 42.7 Å². The van der Waals surface area contributed by atoms with Crippen LogP contribution in [-0.4, -0.2) is 18.8 Å². The number of hydrogen-bond acceptors (Lipinski definition) is 4. The highest BCUT2D eigenvalue weighted by Crippen LogP contribution is 2.24. The number of nitrogen functional groups attached to an aromatic ring is 1. The zero-order valence-electron chi connectivity index (χ0n) is 11.1. The number of para-hydroxylation sites is 1. The fraction of sp³-hybridized carbons (Fsp3) is 0.133. The molecule has 0 saturated carbocycles. The van der Waals surface area contributed by atoms with E-state index < -0.39 is 0 Å². The lowest BCUT2D eigenvalue weighted by molar-refractivity contribution is -0.118. The van der Waals surface area contributed by atoms with Crippen molar-refractivity contribution in [1.82, 2.24) is 0 Å². The molecule has 0 aliphatic carbocycles. The van der Waals surface area contributed by atoms with Crippen molar-refractivity contribution in [2.45, 2.75) is 4.90 Å². The summed E-state index contributed by atoms with van der Waals surface area (Å²) >= 11 is 1.58. The maximum atomic E-state index is 11.9. The van der Waals surface area contributed by atoms with Crippen LogP contribution < -0.4 is 15.8 Å². The summed E-state index contributed by atoms with van der Waals surface area (Å²) in [5, 5.41) is 2.83. The Bertz CT molecular complexity index is 585. The number of amides is 1. The van der Waals surface area contributed by atoms with Gasteiger partial charge in [0.05, 0.1) is 5.69 Å². The zero-order valence-corrected chi connectivity index (χ0v) is 11.9. The molecular formula is C15H16N2O2S. The van der Waals surface area contributed by atoms with E-state index in [1.807, 2.05) is 30.5 Å². The van der Waals surface area contributed by atoms with Gasteiger partial charge < -0.3 is 15.8 Å². The van der Waals surface area contributed by atoms with Crippen LogP contribution in [0.5, 0.6) is 5.75 Å². The first-order chi connectivity index (χ1) is 9.69. The topological polar surface area (TPSA) is 64.3 Å². The molecule has 0 unspecified atom stereocenters. The number of carbonyl (C=O) groups is 1. The second kappa shape index (κ2) is 6.86. The Morgan fingerprint density at radius 2 is 1.90 bits per heavy atom. The minimum absolute atomic E-state index is 0.0351. The predicted molar refractivity (Wildman–Crippen MR) is 83.2 cm³/mol. The first kappa shape index (κ1) is 14.3. The molecule has 2 aromatic rings. The van der Waals surface area contributed by atoms with E-state index in [4.69, 9.17) is 10.5 Å². The highest BCUT2D eigenvalue weighted by Gasteiger charge is 2.06. The molecule has 104 valence electrons. The van der Waals surface area contributed by atoms with Gasteiger partial charge in [-0.25, -0.2) is 0 Å². The third-order valence-electron chi connectivity index (χ3n) is 2.63. The molecule has 2 rings (SSSR count). The summed E-state index contributed by atoms with van der Waals surface area (Å²) in [6, 6.07) is 14.6. The van der Waals surface area contributed by atoms with E-state index in [1.165, 1.54) is 0 Å². The van der Waals surface area contributed by atoms with Gasteiger partial charge in [-0.1, -0.05) is 12.1 Å². The molecule has 0 bridgehead atoms.